The first-order valence-electron chi connectivity index (χ1n) is 6.49. The van der Waals surface area contributed by atoms with Gasteiger partial charge in [0.25, 0.3) is 0 Å². The molecular formula is C16H16NO3. The van der Waals surface area contributed by atoms with E-state index < -0.39 is 5.54 Å². The molecule has 0 saturated carbocycles. The highest BCUT2D eigenvalue weighted by molar-refractivity contribution is 5.60. The minimum absolute atomic E-state index is 0.319. The van der Waals surface area contributed by atoms with Crippen molar-refractivity contribution in [1.29, 1.82) is 0 Å². The standard InChI is InChI=1S/C16H16NO3/c1-16(12-7-9-13(19-2)10-8-12)11-20-15-6-4-3-5-14(15)17(16)18/h3-10H,11H2,1-2H3. The lowest BCUT2D eigenvalue weighted by atomic mass is 9.90. The van der Waals surface area contributed by atoms with Crippen LogP contribution >= 0.6 is 0 Å². The van der Waals surface area contributed by atoms with Gasteiger partial charge in [-0.25, -0.2) is 5.06 Å². The topological polar surface area (TPSA) is 41.6 Å². The number of anilines is 1. The third-order valence-electron chi connectivity index (χ3n) is 3.75. The molecule has 2 aromatic rings. The van der Waals surface area contributed by atoms with Crippen LogP contribution in [-0.2, 0) is 10.7 Å². The van der Waals surface area contributed by atoms with E-state index in [-0.39, 0.29) is 0 Å². The molecule has 0 fully saturated rings. The van der Waals surface area contributed by atoms with E-state index in [4.69, 9.17) is 9.47 Å². The van der Waals surface area contributed by atoms with Crippen molar-refractivity contribution in [3.05, 3.63) is 54.1 Å². The first kappa shape index (κ1) is 12.8. The molecule has 1 aliphatic rings. The third kappa shape index (κ3) is 1.89. The second-order valence-corrected chi connectivity index (χ2v) is 5.05. The maximum Gasteiger partial charge on any atom is 0.145 e. The second-order valence-electron chi connectivity index (χ2n) is 5.05. The summed E-state index contributed by atoms with van der Waals surface area (Å²) in [6.07, 6.45) is 0. The fourth-order valence-corrected chi connectivity index (χ4v) is 2.44. The lowest BCUT2D eigenvalue weighted by molar-refractivity contribution is 0.0396. The van der Waals surface area contributed by atoms with E-state index in [2.05, 4.69) is 0 Å². The molecule has 103 valence electrons. The van der Waals surface area contributed by atoms with Crippen molar-refractivity contribution >= 4 is 5.69 Å². The van der Waals surface area contributed by atoms with Gasteiger partial charge in [-0.05, 0) is 36.8 Å². The van der Waals surface area contributed by atoms with Gasteiger partial charge in [0.2, 0.25) is 0 Å². The highest BCUT2D eigenvalue weighted by atomic mass is 16.5. The molecule has 4 nitrogen and oxygen atoms in total. The summed E-state index contributed by atoms with van der Waals surface area (Å²) >= 11 is 0. The van der Waals surface area contributed by atoms with E-state index in [1.54, 1.807) is 13.2 Å². The van der Waals surface area contributed by atoms with E-state index >= 15 is 0 Å². The van der Waals surface area contributed by atoms with Crippen LogP contribution in [0.3, 0.4) is 0 Å². The molecule has 1 atom stereocenters. The van der Waals surface area contributed by atoms with E-state index in [1.165, 1.54) is 0 Å². The Morgan fingerprint density at radius 2 is 1.85 bits per heavy atom. The third-order valence-corrected chi connectivity index (χ3v) is 3.75. The minimum Gasteiger partial charge on any atom is -0.497 e. The van der Waals surface area contributed by atoms with E-state index in [0.29, 0.717) is 18.0 Å². The molecule has 1 heterocycles. The Morgan fingerprint density at radius 1 is 1.15 bits per heavy atom. The molecule has 1 aliphatic heterocycles. The lowest BCUT2D eigenvalue weighted by Gasteiger charge is -2.40. The number of hydrogen-bond acceptors (Lipinski definition) is 3. The predicted octanol–water partition coefficient (Wildman–Crippen LogP) is 3.15. The molecule has 3 rings (SSSR count). The Balaban J connectivity index is 2.00. The van der Waals surface area contributed by atoms with Gasteiger partial charge in [0.05, 0.1) is 7.11 Å². The highest BCUT2D eigenvalue weighted by Crippen LogP contribution is 2.41. The molecule has 0 N–H and O–H groups in total. The lowest BCUT2D eigenvalue weighted by Crippen LogP contribution is -2.48. The molecule has 1 unspecified atom stereocenters. The maximum absolute atomic E-state index is 12.7. The molecule has 0 spiro atoms. The van der Waals surface area contributed by atoms with Gasteiger partial charge in [0.15, 0.2) is 0 Å². The largest absolute Gasteiger partial charge is 0.497 e. The van der Waals surface area contributed by atoms with Gasteiger partial charge in [0, 0.05) is 0 Å². The SMILES string of the molecule is COc1ccc(C2(C)COc3ccccc3N2[O])cc1. The molecule has 0 aromatic heterocycles. The number of methoxy groups -OCH3 is 1. The van der Waals surface area contributed by atoms with Crippen LogP contribution in [0.5, 0.6) is 11.5 Å². The van der Waals surface area contributed by atoms with E-state index in [1.807, 2.05) is 49.4 Å². The van der Waals surface area contributed by atoms with Gasteiger partial charge < -0.3 is 9.47 Å². The van der Waals surface area contributed by atoms with Crippen LogP contribution in [0.25, 0.3) is 0 Å². The Morgan fingerprint density at radius 3 is 2.55 bits per heavy atom. The molecular weight excluding hydrogens is 254 g/mol. The summed E-state index contributed by atoms with van der Waals surface area (Å²) in [6.45, 7) is 2.21. The molecule has 0 amide bonds. The van der Waals surface area contributed by atoms with Crippen LogP contribution in [0.4, 0.5) is 5.69 Å². The number of hydroxylamine groups is 1. The summed E-state index contributed by atoms with van der Waals surface area (Å²) in [7, 11) is 1.62. The summed E-state index contributed by atoms with van der Waals surface area (Å²) in [4.78, 5) is 0. The van der Waals surface area contributed by atoms with E-state index in [0.717, 1.165) is 16.4 Å². The minimum atomic E-state index is -0.735. The Labute approximate surface area is 118 Å². The van der Waals surface area contributed by atoms with Gasteiger partial charge >= 0.3 is 0 Å². The van der Waals surface area contributed by atoms with E-state index in [9.17, 15) is 5.21 Å². The predicted molar refractivity (Wildman–Crippen MR) is 75.4 cm³/mol. The second kappa shape index (κ2) is 4.72. The van der Waals surface area contributed by atoms with Crippen molar-refractivity contribution in [2.75, 3.05) is 18.8 Å². The summed E-state index contributed by atoms with van der Waals surface area (Å²) < 4.78 is 10.9. The normalized spacial score (nSPS) is 21.1. The number of hydrogen-bond donors (Lipinski definition) is 0. The average Bonchev–Trinajstić information content (AvgIpc) is 2.51. The van der Waals surface area contributed by atoms with Crippen LogP contribution in [0, 0.1) is 0 Å². The fourth-order valence-electron chi connectivity index (χ4n) is 2.44. The number of benzene rings is 2. The molecule has 4 heteroatoms. The van der Waals surface area contributed by atoms with Crippen molar-refractivity contribution in [3.63, 3.8) is 0 Å². The molecule has 20 heavy (non-hydrogen) atoms. The van der Waals surface area contributed by atoms with Crippen LogP contribution in [0.1, 0.15) is 12.5 Å². The summed E-state index contributed by atoms with van der Waals surface area (Å²) in [5, 5.41) is 13.7. The number of nitrogens with zero attached hydrogens (tertiary/aromatic N) is 1. The van der Waals surface area contributed by atoms with Crippen molar-refractivity contribution < 1.29 is 14.7 Å². The molecule has 0 aliphatic carbocycles. The Bertz CT molecular complexity index is 611. The number of fused-ring (bicyclic) bond motifs is 1. The van der Waals surface area contributed by atoms with Crippen molar-refractivity contribution in [2.24, 2.45) is 0 Å². The number of ether oxygens (including phenoxy) is 2. The number of rotatable bonds is 2. The Hall–Kier alpha value is -2.20. The van der Waals surface area contributed by atoms with Crippen molar-refractivity contribution in [3.8, 4) is 11.5 Å². The average molecular weight is 270 g/mol. The quantitative estimate of drug-likeness (QED) is 0.841. The molecule has 0 saturated heterocycles. The van der Waals surface area contributed by atoms with Gasteiger partial charge in [0.1, 0.15) is 29.3 Å². The monoisotopic (exact) mass is 270 g/mol. The molecule has 0 bridgehead atoms. The number of para-hydroxylation sites is 2. The van der Waals surface area contributed by atoms with Gasteiger partial charge in [-0.15, -0.1) is 0 Å². The van der Waals surface area contributed by atoms with Crippen molar-refractivity contribution in [1.82, 2.24) is 0 Å². The van der Waals surface area contributed by atoms with Crippen LogP contribution in [-0.4, -0.2) is 13.7 Å². The summed E-state index contributed by atoms with van der Waals surface area (Å²) in [5.41, 5.74) is 0.737. The smallest absolute Gasteiger partial charge is 0.145 e. The Kier molecular flexibility index (Phi) is 3.03. The molecule has 2 aromatic carbocycles. The fraction of sp³-hybridized carbons (Fsp3) is 0.250. The zero-order valence-electron chi connectivity index (χ0n) is 11.5. The van der Waals surface area contributed by atoms with Crippen LogP contribution in [0.15, 0.2) is 48.5 Å². The van der Waals surface area contributed by atoms with Crippen LogP contribution < -0.4 is 14.5 Å². The van der Waals surface area contributed by atoms with Crippen molar-refractivity contribution in [2.45, 2.75) is 12.5 Å². The first-order valence-corrected chi connectivity index (χ1v) is 6.49. The summed E-state index contributed by atoms with van der Waals surface area (Å²) in [6, 6.07) is 14.8. The molecule has 1 radical (unpaired) electrons. The maximum atomic E-state index is 12.7. The zero-order valence-corrected chi connectivity index (χ0v) is 11.5. The van der Waals surface area contributed by atoms with Gasteiger partial charge in [-0.2, -0.15) is 0 Å². The van der Waals surface area contributed by atoms with Crippen LogP contribution in [0.2, 0.25) is 0 Å². The van der Waals surface area contributed by atoms with Gasteiger partial charge in [-0.1, -0.05) is 29.5 Å². The highest BCUT2D eigenvalue weighted by Gasteiger charge is 2.40. The summed E-state index contributed by atoms with van der Waals surface area (Å²) in [5.74, 6) is 1.40. The first-order chi connectivity index (χ1) is 9.65. The van der Waals surface area contributed by atoms with Gasteiger partial charge in [-0.3, -0.25) is 0 Å². The zero-order chi connectivity index (χ0) is 14.2.